The van der Waals surface area contributed by atoms with Crippen molar-refractivity contribution in [1.29, 1.82) is 0 Å². The molecule has 0 heterocycles. The van der Waals surface area contributed by atoms with Crippen LogP contribution in [0, 0.1) is 5.92 Å². The number of amides is 1. The first kappa shape index (κ1) is 15.4. The van der Waals surface area contributed by atoms with E-state index in [0.717, 1.165) is 12.8 Å². The first-order valence-corrected chi connectivity index (χ1v) is 6.33. The van der Waals surface area contributed by atoms with Gasteiger partial charge in [0.2, 0.25) is 5.91 Å². The number of carbonyl (C=O) groups excluding carboxylic acids is 1. The zero-order valence-electron chi connectivity index (χ0n) is 11.3. The van der Waals surface area contributed by atoms with Crippen molar-refractivity contribution in [2.45, 2.75) is 66.1 Å². The third-order valence-corrected chi connectivity index (χ3v) is 2.88. The van der Waals surface area contributed by atoms with Crippen LogP contribution in [0.25, 0.3) is 0 Å². The molecule has 0 spiro atoms. The highest BCUT2D eigenvalue weighted by atomic mass is 19.1. The molecular weight excluding hydrogens is 205 g/mol. The number of hydrogen-bond acceptors (Lipinski definition) is 1. The van der Waals surface area contributed by atoms with Gasteiger partial charge in [0.15, 0.2) is 0 Å². The molecule has 16 heavy (non-hydrogen) atoms. The second-order valence-electron chi connectivity index (χ2n) is 4.94. The fraction of sp³-hybridized carbons (Fsp3) is 0.923. The first-order valence-electron chi connectivity index (χ1n) is 6.33. The Labute approximate surface area is 99.2 Å². The van der Waals surface area contributed by atoms with E-state index in [9.17, 15) is 9.18 Å². The summed E-state index contributed by atoms with van der Waals surface area (Å²) in [6, 6.07) is -0.306. The number of rotatable bonds is 7. The summed E-state index contributed by atoms with van der Waals surface area (Å²) in [7, 11) is 0. The average Bonchev–Trinajstić information content (AvgIpc) is 2.21. The highest BCUT2D eigenvalue weighted by molar-refractivity contribution is 5.76. The highest BCUT2D eigenvalue weighted by Crippen LogP contribution is 2.13. The highest BCUT2D eigenvalue weighted by Gasteiger charge is 2.23. The lowest BCUT2D eigenvalue weighted by Crippen LogP contribution is -2.43. The van der Waals surface area contributed by atoms with Gasteiger partial charge in [0.05, 0.1) is 6.04 Å². The molecule has 2 nitrogen and oxygen atoms in total. The van der Waals surface area contributed by atoms with Crippen molar-refractivity contribution in [3.05, 3.63) is 0 Å². The Morgan fingerprint density at radius 2 is 1.81 bits per heavy atom. The Balaban J connectivity index is 4.34. The zero-order chi connectivity index (χ0) is 12.7. The maximum absolute atomic E-state index is 13.2. The summed E-state index contributed by atoms with van der Waals surface area (Å²) >= 11 is 0. The Hall–Kier alpha value is -0.600. The number of nitrogens with zero attached hydrogens (tertiary/aromatic N) is 1. The van der Waals surface area contributed by atoms with Gasteiger partial charge < -0.3 is 4.90 Å². The van der Waals surface area contributed by atoms with Crippen molar-refractivity contribution in [3.8, 4) is 0 Å². The van der Waals surface area contributed by atoms with Gasteiger partial charge in [-0.1, -0.05) is 20.8 Å². The Kier molecular flexibility index (Phi) is 7.35. The van der Waals surface area contributed by atoms with E-state index in [1.165, 1.54) is 6.92 Å². The van der Waals surface area contributed by atoms with Gasteiger partial charge in [0, 0.05) is 13.0 Å². The third-order valence-electron chi connectivity index (χ3n) is 2.88. The van der Waals surface area contributed by atoms with Crippen molar-refractivity contribution in [1.82, 2.24) is 4.90 Å². The van der Waals surface area contributed by atoms with E-state index in [-0.39, 0.29) is 11.9 Å². The van der Waals surface area contributed by atoms with Gasteiger partial charge in [-0.25, -0.2) is 4.39 Å². The van der Waals surface area contributed by atoms with Crippen molar-refractivity contribution in [2.24, 2.45) is 5.92 Å². The smallest absolute Gasteiger partial charge is 0.222 e. The van der Waals surface area contributed by atoms with Crippen molar-refractivity contribution >= 4 is 5.91 Å². The second-order valence-corrected chi connectivity index (χ2v) is 4.94. The summed E-state index contributed by atoms with van der Waals surface area (Å²) in [5, 5.41) is 0. The first-order chi connectivity index (χ1) is 7.40. The van der Waals surface area contributed by atoms with Crippen LogP contribution in [-0.2, 0) is 4.79 Å². The normalized spacial score (nSPS) is 14.9. The van der Waals surface area contributed by atoms with Crippen LogP contribution in [0.1, 0.15) is 53.9 Å². The summed E-state index contributed by atoms with van der Waals surface area (Å²) < 4.78 is 13.2. The standard InChI is InChI=1S/C13H26FNO/c1-6-9-15(12(5)11(4)14)13(16)8-7-10(2)3/h10-12H,6-9H2,1-5H3. The number of hydrogen-bond donors (Lipinski definition) is 0. The van der Waals surface area contributed by atoms with Gasteiger partial charge in [-0.3, -0.25) is 4.79 Å². The molecule has 1 amide bonds. The molecule has 3 heteroatoms. The largest absolute Gasteiger partial charge is 0.337 e. The molecule has 96 valence electrons. The second kappa shape index (κ2) is 7.64. The molecule has 0 N–H and O–H groups in total. The zero-order valence-corrected chi connectivity index (χ0v) is 11.3. The lowest BCUT2D eigenvalue weighted by Gasteiger charge is -2.30. The average molecular weight is 231 g/mol. The SMILES string of the molecule is CCCN(C(=O)CCC(C)C)C(C)C(C)F. The van der Waals surface area contributed by atoms with Gasteiger partial charge in [0.1, 0.15) is 6.17 Å². The minimum Gasteiger partial charge on any atom is -0.337 e. The van der Waals surface area contributed by atoms with E-state index in [0.29, 0.717) is 18.9 Å². The monoisotopic (exact) mass is 231 g/mol. The van der Waals surface area contributed by atoms with Gasteiger partial charge >= 0.3 is 0 Å². The Bertz CT molecular complexity index is 204. The fourth-order valence-corrected chi connectivity index (χ4v) is 1.60. The molecule has 0 aliphatic heterocycles. The van der Waals surface area contributed by atoms with Crippen LogP contribution in [0.15, 0.2) is 0 Å². The lowest BCUT2D eigenvalue weighted by atomic mass is 10.1. The topological polar surface area (TPSA) is 20.3 Å². The van der Waals surface area contributed by atoms with Crippen LogP contribution in [0.5, 0.6) is 0 Å². The van der Waals surface area contributed by atoms with Crippen LogP contribution < -0.4 is 0 Å². The van der Waals surface area contributed by atoms with Gasteiger partial charge in [-0.2, -0.15) is 0 Å². The summed E-state index contributed by atoms with van der Waals surface area (Å²) in [6.07, 6.45) is 1.33. The molecule has 2 unspecified atom stereocenters. The molecule has 0 fully saturated rings. The van der Waals surface area contributed by atoms with E-state index < -0.39 is 6.17 Å². The molecule has 0 radical (unpaired) electrons. The molecule has 0 bridgehead atoms. The number of carbonyl (C=O) groups is 1. The molecular formula is C13H26FNO. The predicted molar refractivity (Wildman–Crippen MR) is 66.1 cm³/mol. The summed E-state index contributed by atoms with van der Waals surface area (Å²) in [5.41, 5.74) is 0. The van der Waals surface area contributed by atoms with E-state index in [1.54, 1.807) is 11.8 Å². The van der Waals surface area contributed by atoms with E-state index in [2.05, 4.69) is 13.8 Å². The quantitative estimate of drug-likeness (QED) is 0.657. The van der Waals surface area contributed by atoms with E-state index in [4.69, 9.17) is 0 Å². The van der Waals surface area contributed by atoms with Crippen molar-refractivity contribution < 1.29 is 9.18 Å². The maximum atomic E-state index is 13.2. The van der Waals surface area contributed by atoms with Crippen molar-refractivity contribution in [3.63, 3.8) is 0 Å². The molecule has 0 aliphatic carbocycles. The van der Waals surface area contributed by atoms with Crippen LogP contribution >= 0.6 is 0 Å². The van der Waals surface area contributed by atoms with Crippen LogP contribution in [0.4, 0.5) is 4.39 Å². The molecule has 0 rings (SSSR count). The lowest BCUT2D eigenvalue weighted by molar-refractivity contribution is -0.134. The molecule has 0 aromatic carbocycles. The third kappa shape index (κ3) is 5.47. The predicted octanol–water partition coefficient (Wildman–Crippen LogP) is 3.41. The number of halogens is 1. The minimum absolute atomic E-state index is 0.0903. The summed E-state index contributed by atoms with van der Waals surface area (Å²) in [4.78, 5) is 13.6. The molecule has 0 aliphatic rings. The van der Waals surface area contributed by atoms with Gasteiger partial charge in [-0.05, 0) is 32.6 Å². The van der Waals surface area contributed by atoms with Crippen molar-refractivity contribution in [2.75, 3.05) is 6.54 Å². The van der Waals surface area contributed by atoms with Crippen LogP contribution in [0.2, 0.25) is 0 Å². The minimum atomic E-state index is -0.963. The fourth-order valence-electron chi connectivity index (χ4n) is 1.60. The molecule has 0 aromatic heterocycles. The Morgan fingerprint density at radius 3 is 2.19 bits per heavy atom. The van der Waals surface area contributed by atoms with Gasteiger partial charge in [0.25, 0.3) is 0 Å². The van der Waals surface area contributed by atoms with E-state index in [1.807, 2.05) is 6.92 Å². The molecule has 0 aromatic rings. The molecule has 0 saturated heterocycles. The summed E-state index contributed by atoms with van der Waals surface area (Å²) in [6.45, 7) is 10.2. The maximum Gasteiger partial charge on any atom is 0.222 e. The Morgan fingerprint density at radius 1 is 1.25 bits per heavy atom. The molecule has 2 atom stereocenters. The van der Waals surface area contributed by atoms with Crippen LogP contribution in [0.3, 0.4) is 0 Å². The van der Waals surface area contributed by atoms with Crippen LogP contribution in [-0.4, -0.2) is 29.6 Å². The van der Waals surface area contributed by atoms with E-state index >= 15 is 0 Å². The number of alkyl halides is 1. The summed E-state index contributed by atoms with van der Waals surface area (Å²) in [5.74, 6) is 0.609. The van der Waals surface area contributed by atoms with Gasteiger partial charge in [-0.15, -0.1) is 0 Å². The molecule has 0 saturated carbocycles.